The maximum absolute atomic E-state index is 11.5. The number of rotatable bonds is 46. The van der Waals surface area contributed by atoms with Crippen molar-refractivity contribution >= 4 is 72.3 Å². The third kappa shape index (κ3) is 67.3. The van der Waals surface area contributed by atoms with Crippen molar-refractivity contribution in [3.63, 3.8) is 0 Å². The molecule has 110 heavy (non-hydrogen) atoms. The number of methoxy groups -OCH3 is 2. The first-order valence-electron chi connectivity index (χ1n) is 39.4. The van der Waals surface area contributed by atoms with Crippen LogP contribution in [0.4, 0.5) is 0 Å². The molecule has 0 fully saturated rings. The molecule has 0 aliphatic carbocycles. The summed E-state index contributed by atoms with van der Waals surface area (Å²) >= 11 is 0. The van der Waals surface area contributed by atoms with E-state index in [0.29, 0.717) is 52.2 Å². The smallest absolute Gasteiger partial charge is 0.330 e. The van der Waals surface area contributed by atoms with Crippen molar-refractivity contribution in [1.29, 1.82) is 0 Å². The minimum absolute atomic E-state index is 0.250. The largest absolute Gasteiger partial charge is 0.463 e. The van der Waals surface area contributed by atoms with Crippen LogP contribution < -0.4 is 0 Å². The Morgan fingerprint density at radius 3 is 0.700 bits per heavy atom. The number of hydrogen-bond donors (Lipinski definition) is 0. The Morgan fingerprint density at radius 2 is 0.455 bits per heavy atom. The van der Waals surface area contributed by atoms with Crippen LogP contribution in [0.25, 0.3) is 36.5 Å². The van der Waals surface area contributed by atoms with Crippen molar-refractivity contribution in [2.45, 2.75) is 176 Å². The molecule has 6 rings (SSSR count). The number of hydrogen-bond acceptors (Lipinski definition) is 14. The highest BCUT2D eigenvalue weighted by Gasteiger charge is 2.03. The Balaban J connectivity index is 0.00000127. The van der Waals surface area contributed by atoms with Gasteiger partial charge in [-0.3, -0.25) is 0 Å². The van der Waals surface area contributed by atoms with Gasteiger partial charge in [0.25, 0.3) is 0 Å². The third-order valence-electron chi connectivity index (χ3n) is 15.4. The van der Waals surface area contributed by atoms with E-state index in [1.54, 1.807) is 50.7 Å². The first kappa shape index (κ1) is 100.0. The number of carbonyl (C=O) groups is 6. The van der Waals surface area contributed by atoms with Crippen LogP contribution >= 0.6 is 0 Å². The predicted octanol–water partition coefficient (Wildman–Crippen LogP) is 23.4. The monoisotopic (exact) mass is 1510 g/mol. The van der Waals surface area contributed by atoms with Crippen molar-refractivity contribution < 1.29 is 66.7 Å². The Morgan fingerprint density at radius 1 is 0.255 bits per heavy atom. The first-order chi connectivity index (χ1) is 53.8. The van der Waals surface area contributed by atoms with Crippen molar-refractivity contribution in [3.05, 3.63) is 277 Å². The van der Waals surface area contributed by atoms with Gasteiger partial charge in [-0.1, -0.05) is 306 Å². The second-order valence-corrected chi connectivity index (χ2v) is 25.0. The van der Waals surface area contributed by atoms with Crippen LogP contribution in [0.2, 0.25) is 0 Å². The molecule has 0 heterocycles. The standard InChI is InChI=1S/C18H26O2.C16H22O3.C14H18O3.C14H18O2.C13H16O2.C12H14O2.C9H16/c1-2-3-4-5-6-7-11-16-20-18(19)15-14-17-12-9-8-10-13-17;1-18-13-7-2-3-8-14-19-16(17)12-11-15-9-5-4-6-10-15;1-16-11-5-6-12-17-14(15)10-9-13-7-3-2-4-8-13;1-2-3-7-12-16-14(15)11-10-13-8-5-4-6-9-13;1-2-3-11-15-13(14)10-9-12-7-5-4-6-8-12;1-2-10-14-12(13)9-8-11-6-4-3-5-7-11;1-4-7-8-9(5-2)6-3/h8-10,12-15H,2-7,11,16H2,1H3;4-6,9-12H,2-3,7-8,13-14H2,1H3;2-4,7-10H,5-6,11-12H2,1H3;4-6,8-11H,2-3,7,12H2,1H3;4-10H,2-3,11H2,1H3;3-9H,2,10H2,1H3;5-6,9H,2-4,7-8H2,1H3/b15-14+;12-11+;10-9+;11-10+;10-9+;9-8+;. The van der Waals surface area contributed by atoms with Gasteiger partial charge in [-0.2, -0.15) is 0 Å². The van der Waals surface area contributed by atoms with Gasteiger partial charge in [-0.05, 0) is 140 Å². The van der Waals surface area contributed by atoms with Crippen molar-refractivity contribution in [2.75, 3.05) is 67.1 Å². The van der Waals surface area contributed by atoms with E-state index in [9.17, 15) is 28.8 Å². The summed E-state index contributed by atoms with van der Waals surface area (Å²) < 4.78 is 40.1. The summed E-state index contributed by atoms with van der Waals surface area (Å²) in [7, 11) is 3.37. The van der Waals surface area contributed by atoms with Gasteiger partial charge in [0.1, 0.15) is 0 Å². The highest BCUT2D eigenvalue weighted by atomic mass is 16.6. The summed E-state index contributed by atoms with van der Waals surface area (Å²) in [6.45, 7) is 22.5. The normalized spacial score (nSPS) is 10.5. The molecule has 0 aliphatic heterocycles. The summed E-state index contributed by atoms with van der Waals surface area (Å²) in [5, 5.41) is 0. The number of esters is 6. The molecule has 6 aromatic carbocycles. The van der Waals surface area contributed by atoms with Crippen LogP contribution in [0.1, 0.15) is 209 Å². The molecule has 598 valence electrons. The van der Waals surface area contributed by atoms with Crippen LogP contribution in [0, 0.1) is 5.92 Å². The average molecular weight is 1510 g/mol. The molecule has 14 heteroatoms. The lowest BCUT2D eigenvalue weighted by Gasteiger charge is -2.02. The summed E-state index contributed by atoms with van der Waals surface area (Å²) in [6.07, 6.45) is 47.6. The van der Waals surface area contributed by atoms with Crippen LogP contribution in [-0.4, -0.2) is 103 Å². The fourth-order valence-electron chi connectivity index (χ4n) is 9.10. The van der Waals surface area contributed by atoms with Gasteiger partial charge in [0, 0.05) is 63.9 Å². The number of ether oxygens (including phenoxy) is 8. The maximum atomic E-state index is 11.5. The molecule has 0 bridgehead atoms. The van der Waals surface area contributed by atoms with Gasteiger partial charge >= 0.3 is 35.8 Å². The van der Waals surface area contributed by atoms with Gasteiger partial charge in [0.2, 0.25) is 0 Å². The first-order valence-corrected chi connectivity index (χ1v) is 39.4. The molecule has 0 saturated heterocycles. The second kappa shape index (κ2) is 77.1. The SMILES string of the molecule is C=CC(C=C)CCCC.CCCCCCCCCOC(=O)/C=C/c1ccccc1.CCCCCOC(=O)/C=C/c1ccccc1.CCCCOC(=O)/C=C/c1ccccc1.CCCOC(=O)/C=C/c1ccccc1.COCCCCCCOC(=O)/C=C/c1ccccc1.COCCCCOC(=O)/C=C/c1ccccc1. The van der Waals surface area contributed by atoms with Gasteiger partial charge in [-0.25, -0.2) is 28.8 Å². The fourth-order valence-corrected chi connectivity index (χ4v) is 9.10. The predicted molar refractivity (Wildman–Crippen MR) is 456 cm³/mol. The summed E-state index contributed by atoms with van der Waals surface area (Å²) in [4.78, 5) is 67.7. The number of carbonyl (C=O) groups excluding carboxylic acids is 6. The molecule has 0 atom stereocenters. The molecule has 0 spiro atoms. The number of unbranched alkanes of at least 4 members (excludes halogenated alkanes) is 14. The summed E-state index contributed by atoms with van der Waals surface area (Å²) in [5.41, 5.74) is 6.02. The molecule has 0 aliphatic rings. The molecule has 0 saturated carbocycles. The van der Waals surface area contributed by atoms with Gasteiger partial charge < -0.3 is 37.9 Å². The van der Waals surface area contributed by atoms with E-state index < -0.39 is 0 Å². The lowest BCUT2D eigenvalue weighted by Crippen LogP contribution is -2.03. The van der Waals surface area contributed by atoms with Gasteiger partial charge in [0.15, 0.2) is 0 Å². The number of allylic oxidation sites excluding steroid dienone is 2. The zero-order valence-electron chi connectivity index (χ0n) is 67.3. The Bertz CT molecular complexity index is 3350. The topological polar surface area (TPSA) is 176 Å². The second-order valence-electron chi connectivity index (χ2n) is 25.0. The fraction of sp³-hybridized carbons (Fsp3) is 0.396. The molecule has 6 aromatic rings. The maximum Gasteiger partial charge on any atom is 0.330 e. The molecular weight excluding hydrogens is 1380 g/mol. The highest BCUT2D eigenvalue weighted by Crippen LogP contribution is 2.12. The molecule has 0 aromatic heterocycles. The van der Waals surface area contributed by atoms with E-state index in [0.717, 1.165) is 130 Å². The minimum atomic E-state index is -0.300. The van der Waals surface area contributed by atoms with Crippen LogP contribution in [0.5, 0.6) is 0 Å². The lowest BCUT2D eigenvalue weighted by atomic mass is 10.0. The average Bonchev–Trinajstić information content (AvgIpc) is 0.992. The molecule has 14 nitrogen and oxygen atoms in total. The minimum Gasteiger partial charge on any atom is -0.463 e. The zero-order chi connectivity index (χ0) is 80.5. The molecular formula is C96H130O14. The lowest BCUT2D eigenvalue weighted by molar-refractivity contribution is -0.138. The Kier molecular flexibility index (Phi) is 70.1. The van der Waals surface area contributed by atoms with E-state index in [-0.39, 0.29) is 35.8 Å². The van der Waals surface area contributed by atoms with E-state index in [2.05, 4.69) is 40.9 Å². The molecule has 0 unspecified atom stereocenters. The van der Waals surface area contributed by atoms with E-state index in [1.807, 2.05) is 201 Å². The zero-order valence-corrected chi connectivity index (χ0v) is 67.3. The van der Waals surface area contributed by atoms with Crippen molar-refractivity contribution in [1.82, 2.24) is 0 Å². The third-order valence-corrected chi connectivity index (χ3v) is 15.4. The van der Waals surface area contributed by atoms with E-state index in [4.69, 9.17) is 37.9 Å². The van der Waals surface area contributed by atoms with Gasteiger partial charge in [-0.15, -0.1) is 13.2 Å². The van der Waals surface area contributed by atoms with Crippen LogP contribution in [-0.2, 0) is 66.7 Å². The van der Waals surface area contributed by atoms with Crippen LogP contribution in [0.15, 0.2) is 244 Å². The summed E-state index contributed by atoms with van der Waals surface area (Å²) in [5.74, 6) is -1.11. The quantitative estimate of drug-likeness (QED) is 0.0116. The highest BCUT2D eigenvalue weighted by molar-refractivity contribution is 5.89. The Hall–Kier alpha value is -10.0. The van der Waals surface area contributed by atoms with Crippen LogP contribution in [0.3, 0.4) is 0 Å². The molecule has 0 N–H and O–H groups in total. The Labute approximate surface area is 661 Å². The molecule has 0 radical (unpaired) electrons. The van der Waals surface area contributed by atoms with Gasteiger partial charge in [0.05, 0.1) is 39.6 Å². The van der Waals surface area contributed by atoms with Crippen molar-refractivity contribution in [3.8, 4) is 0 Å². The summed E-state index contributed by atoms with van der Waals surface area (Å²) in [6, 6.07) is 58.2. The van der Waals surface area contributed by atoms with E-state index in [1.165, 1.54) is 87.8 Å². The van der Waals surface area contributed by atoms with E-state index >= 15 is 0 Å². The number of benzene rings is 6. The molecule has 0 amide bonds. The van der Waals surface area contributed by atoms with Crippen molar-refractivity contribution in [2.24, 2.45) is 5.92 Å².